The van der Waals surface area contributed by atoms with Crippen molar-refractivity contribution in [1.82, 2.24) is 24.0 Å². The number of hydrogen-bond acceptors (Lipinski definition) is 4. The fraction of sp³-hybridized carbons (Fsp3) is 0.643. The molecule has 0 aliphatic carbocycles. The molecule has 1 aliphatic heterocycles. The van der Waals surface area contributed by atoms with Crippen molar-refractivity contribution in [3.05, 3.63) is 27.2 Å². The highest BCUT2D eigenvalue weighted by atomic mass is 16.2. The summed E-state index contributed by atoms with van der Waals surface area (Å²) in [6, 6.07) is -0.0198. The second kappa shape index (κ2) is 5.48. The molecule has 7 nitrogen and oxygen atoms in total. The average molecular weight is 291 g/mol. The molecular weight excluding hydrogens is 270 g/mol. The van der Waals surface area contributed by atoms with Crippen LogP contribution in [0.5, 0.6) is 0 Å². The Hall–Kier alpha value is -1.89. The second-order valence-corrected chi connectivity index (χ2v) is 5.62. The lowest BCUT2D eigenvalue weighted by atomic mass is 10.1. The van der Waals surface area contributed by atoms with Gasteiger partial charge in [-0.25, -0.2) is 9.78 Å². The lowest BCUT2D eigenvalue weighted by Gasteiger charge is -2.24. The molecule has 0 spiro atoms. The lowest BCUT2D eigenvalue weighted by Crippen LogP contribution is -2.45. The molecule has 7 heteroatoms. The summed E-state index contributed by atoms with van der Waals surface area (Å²) in [4.78, 5) is 29.8. The Balaban J connectivity index is 2.30. The van der Waals surface area contributed by atoms with E-state index in [1.54, 1.807) is 22.5 Å². The molecule has 1 saturated heterocycles. The van der Waals surface area contributed by atoms with E-state index in [1.807, 2.05) is 6.92 Å². The van der Waals surface area contributed by atoms with Crippen molar-refractivity contribution in [1.29, 1.82) is 0 Å². The van der Waals surface area contributed by atoms with E-state index in [0.29, 0.717) is 17.7 Å². The monoisotopic (exact) mass is 291 g/mol. The molecule has 3 rings (SSSR count). The summed E-state index contributed by atoms with van der Waals surface area (Å²) in [6.07, 6.45) is 4.05. The van der Waals surface area contributed by atoms with Gasteiger partial charge in [-0.2, -0.15) is 0 Å². The van der Waals surface area contributed by atoms with Crippen LogP contribution in [-0.4, -0.2) is 31.8 Å². The van der Waals surface area contributed by atoms with Gasteiger partial charge in [0.1, 0.15) is 0 Å². The topological polar surface area (TPSA) is 73.8 Å². The maximum Gasteiger partial charge on any atom is 0.333 e. The van der Waals surface area contributed by atoms with Gasteiger partial charge in [0, 0.05) is 19.6 Å². The summed E-state index contributed by atoms with van der Waals surface area (Å²) in [7, 11) is 1.80. The number of hydrogen-bond donors (Lipinski definition) is 1. The van der Waals surface area contributed by atoms with Gasteiger partial charge < -0.3 is 9.88 Å². The first kappa shape index (κ1) is 14.1. The third kappa shape index (κ3) is 2.21. The molecular formula is C14H21N5O2. The van der Waals surface area contributed by atoms with Gasteiger partial charge in [0.05, 0.1) is 6.33 Å². The number of nitrogens with zero attached hydrogens (tertiary/aromatic N) is 4. The molecule has 0 saturated carbocycles. The minimum atomic E-state index is -0.222. The van der Waals surface area contributed by atoms with E-state index in [9.17, 15) is 9.59 Å². The van der Waals surface area contributed by atoms with Gasteiger partial charge in [0.2, 0.25) is 0 Å². The quantitative estimate of drug-likeness (QED) is 0.878. The molecule has 3 heterocycles. The van der Waals surface area contributed by atoms with Crippen LogP contribution in [0, 0.1) is 0 Å². The predicted octanol–water partition coefficient (Wildman–Crippen LogP) is 0.231. The van der Waals surface area contributed by atoms with Crippen LogP contribution in [0.15, 0.2) is 15.9 Å². The van der Waals surface area contributed by atoms with Crippen molar-refractivity contribution >= 4 is 11.2 Å². The fourth-order valence-electron chi connectivity index (χ4n) is 3.10. The minimum absolute atomic E-state index is 0.0198. The highest BCUT2D eigenvalue weighted by molar-refractivity contribution is 5.69. The Bertz CT molecular complexity index is 764. The van der Waals surface area contributed by atoms with Gasteiger partial charge in [-0.05, 0) is 32.4 Å². The third-order valence-electron chi connectivity index (χ3n) is 4.15. The Kier molecular flexibility index (Phi) is 3.67. The smallest absolute Gasteiger partial charge is 0.328 e. The van der Waals surface area contributed by atoms with Crippen LogP contribution in [0.25, 0.3) is 11.2 Å². The molecule has 1 N–H and O–H groups in total. The standard InChI is InChI=1S/C14H21N5O2/c1-3-8-18-12-11(17(2)9-16-12)13(20)19(14(18)21)10-4-6-15-7-5-10/h9-10,15H,3-8H2,1-2H3. The zero-order valence-corrected chi connectivity index (χ0v) is 12.5. The van der Waals surface area contributed by atoms with Gasteiger partial charge in [0.15, 0.2) is 11.2 Å². The van der Waals surface area contributed by atoms with Crippen LogP contribution in [-0.2, 0) is 13.6 Å². The maximum atomic E-state index is 12.8. The van der Waals surface area contributed by atoms with Gasteiger partial charge in [-0.15, -0.1) is 0 Å². The van der Waals surface area contributed by atoms with E-state index < -0.39 is 0 Å². The van der Waals surface area contributed by atoms with Gasteiger partial charge in [-0.3, -0.25) is 13.9 Å². The number of aryl methyl sites for hydroxylation is 2. The van der Waals surface area contributed by atoms with E-state index in [-0.39, 0.29) is 17.3 Å². The average Bonchev–Trinajstić information content (AvgIpc) is 2.87. The first-order valence-corrected chi connectivity index (χ1v) is 7.52. The Morgan fingerprint density at radius 3 is 2.71 bits per heavy atom. The van der Waals surface area contributed by atoms with Crippen molar-refractivity contribution < 1.29 is 0 Å². The first-order chi connectivity index (χ1) is 10.1. The number of fused-ring (bicyclic) bond motifs is 1. The zero-order chi connectivity index (χ0) is 15.0. The largest absolute Gasteiger partial charge is 0.333 e. The minimum Gasteiger partial charge on any atom is -0.328 e. The molecule has 0 unspecified atom stereocenters. The Morgan fingerprint density at radius 2 is 2.05 bits per heavy atom. The molecule has 0 radical (unpaired) electrons. The summed E-state index contributed by atoms with van der Waals surface area (Å²) in [5.74, 6) is 0. The molecule has 0 amide bonds. The molecule has 1 aliphatic rings. The maximum absolute atomic E-state index is 12.8. The van der Waals surface area contributed by atoms with Crippen LogP contribution in [0.1, 0.15) is 32.2 Å². The van der Waals surface area contributed by atoms with Crippen LogP contribution < -0.4 is 16.6 Å². The molecule has 2 aromatic rings. The van der Waals surface area contributed by atoms with Gasteiger partial charge >= 0.3 is 5.69 Å². The Morgan fingerprint density at radius 1 is 1.33 bits per heavy atom. The van der Waals surface area contributed by atoms with Crippen molar-refractivity contribution in [3.8, 4) is 0 Å². The number of rotatable bonds is 3. The summed E-state index contributed by atoms with van der Waals surface area (Å²) < 4.78 is 4.79. The summed E-state index contributed by atoms with van der Waals surface area (Å²) in [6.45, 7) is 4.28. The van der Waals surface area contributed by atoms with E-state index in [4.69, 9.17) is 0 Å². The van der Waals surface area contributed by atoms with Crippen LogP contribution in [0.3, 0.4) is 0 Å². The zero-order valence-electron chi connectivity index (χ0n) is 12.5. The van der Waals surface area contributed by atoms with Crippen molar-refractivity contribution in [2.75, 3.05) is 13.1 Å². The number of aromatic nitrogens is 4. The van der Waals surface area contributed by atoms with Crippen LogP contribution in [0.4, 0.5) is 0 Å². The normalized spacial score (nSPS) is 16.7. The van der Waals surface area contributed by atoms with Crippen molar-refractivity contribution in [3.63, 3.8) is 0 Å². The Labute approximate surface area is 122 Å². The predicted molar refractivity (Wildman–Crippen MR) is 80.7 cm³/mol. The highest BCUT2D eigenvalue weighted by Gasteiger charge is 2.23. The van der Waals surface area contributed by atoms with Crippen LogP contribution in [0.2, 0.25) is 0 Å². The molecule has 114 valence electrons. The number of imidazole rings is 1. The molecule has 0 atom stereocenters. The van der Waals surface area contributed by atoms with Crippen LogP contribution >= 0.6 is 0 Å². The number of nitrogens with one attached hydrogen (secondary N) is 1. The third-order valence-corrected chi connectivity index (χ3v) is 4.15. The molecule has 0 aromatic carbocycles. The molecule has 21 heavy (non-hydrogen) atoms. The lowest BCUT2D eigenvalue weighted by molar-refractivity contribution is 0.344. The molecule has 0 bridgehead atoms. The van der Waals surface area contributed by atoms with E-state index in [1.165, 1.54) is 4.57 Å². The highest BCUT2D eigenvalue weighted by Crippen LogP contribution is 2.16. The summed E-state index contributed by atoms with van der Waals surface area (Å²) >= 11 is 0. The number of piperidine rings is 1. The van der Waals surface area contributed by atoms with E-state index in [0.717, 1.165) is 32.4 Å². The van der Waals surface area contributed by atoms with Crippen molar-refractivity contribution in [2.24, 2.45) is 7.05 Å². The fourth-order valence-corrected chi connectivity index (χ4v) is 3.10. The van der Waals surface area contributed by atoms with Crippen molar-refractivity contribution in [2.45, 2.75) is 38.8 Å². The molecule has 2 aromatic heterocycles. The SMILES string of the molecule is CCCn1c(=O)n(C2CCNCC2)c(=O)c2c1ncn2C. The second-order valence-electron chi connectivity index (χ2n) is 5.62. The van der Waals surface area contributed by atoms with E-state index >= 15 is 0 Å². The molecule has 1 fully saturated rings. The van der Waals surface area contributed by atoms with Gasteiger partial charge in [0.25, 0.3) is 5.56 Å². The summed E-state index contributed by atoms with van der Waals surface area (Å²) in [5.41, 5.74) is 0.579. The summed E-state index contributed by atoms with van der Waals surface area (Å²) in [5, 5.41) is 3.26. The first-order valence-electron chi connectivity index (χ1n) is 7.52. The van der Waals surface area contributed by atoms with Gasteiger partial charge in [-0.1, -0.05) is 6.92 Å². The van der Waals surface area contributed by atoms with E-state index in [2.05, 4.69) is 10.3 Å².